The number of nitrogens with one attached hydrogen (secondary N) is 2. The molecule has 30 heavy (non-hydrogen) atoms. The molecule has 2 aromatic carbocycles. The van der Waals surface area contributed by atoms with Crippen LogP contribution in [0.1, 0.15) is 31.1 Å². The molecule has 2 aromatic rings. The van der Waals surface area contributed by atoms with Crippen LogP contribution in [0.2, 0.25) is 5.02 Å². The quantitative estimate of drug-likeness (QED) is 0.585. The van der Waals surface area contributed by atoms with Gasteiger partial charge in [0.05, 0.1) is 25.3 Å². The van der Waals surface area contributed by atoms with Crippen LogP contribution in [0.4, 0.5) is 0 Å². The first-order chi connectivity index (χ1) is 14.4. The lowest BCUT2D eigenvalue weighted by molar-refractivity contribution is -0.128. The summed E-state index contributed by atoms with van der Waals surface area (Å²) in [6, 6.07) is 9.78. The predicted octanol–water partition coefficient (Wildman–Crippen LogP) is 3.37. The van der Waals surface area contributed by atoms with Gasteiger partial charge < -0.3 is 18.9 Å². The molecule has 9 heteroatoms. The van der Waals surface area contributed by atoms with Gasteiger partial charge in [-0.2, -0.15) is 0 Å². The van der Waals surface area contributed by atoms with Gasteiger partial charge in [0, 0.05) is 5.56 Å². The average molecular weight is 437 g/mol. The number of hydrogen-bond donors (Lipinski definition) is 2. The molecule has 1 unspecified atom stereocenters. The molecule has 0 spiro atoms. The third-order valence-electron chi connectivity index (χ3n) is 3.90. The monoisotopic (exact) mass is 436 g/mol. The van der Waals surface area contributed by atoms with E-state index in [0.717, 1.165) is 0 Å². The fourth-order valence-electron chi connectivity index (χ4n) is 2.47. The van der Waals surface area contributed by atoms with Crippen molar-refractivity contribution < 1.29 is 28.5 Å². The first-order valence-electron chi connectivity index (χ1n) is 9.39. The number of ether oxygens (including phenoxy) is 4. The molecule has 0 bridgehead atoms. The van der Waals surface area contributed by atoms with Gasteiger partial charge in [-0.25, -0.2) is 0 Å². The third-order valence-corrected chi connectivity index (χ3v) is 4.18. The largest absolute Gasteiger partial charge is 0.494 e. The van der Waals surface area contributed by atoms with Gasteiger partial charge in [0.25, 0.3) is 11.8 Å². The maximum Gasteiger partial charge on any atom is 0.279 e. The van der Waals surface area contributed by atoms with E-state index in [2.05, 4.69) is 10.9 Å². The molecule has 2 rings (SSSR count). The third kappa shape index (κ3) is 6.18. The topological polar surface area (TPSA) is 95.1 Å². The number of rotatable bonds is 9. The number of methoxy groups -OCH3 is 1. The van der Waals surface area contributed by atoms with Gasteiger partial charge in [-0.1, -0.05) is 11.6 Å². The number of hydrogen-bond acceptors (Lipinski definition) is 6. The molecule has 0 heterocycles. The Morgan fingerprint density at radius 2 is 1.63 bits per heavy atom. The van der Waals surface area contributed by atoms with Crippen molar-refractivity contribution in [2.75, 3.05) is 20.3 Å². The van der Waals surface area contributed by atoms with E-state index in [1.54, 1.807) is 31.2 Å². The van der Waals surface area contributed by atoms with Crippen molar-refractivity contribution in [3.63, 3.8) is 0 Å². The molecular formula is C21H25ClN2O6. The summed E-state index contributed by atoms with van der Waals surface area (Å²) in [7, 11) is 1.44. The maximum absolute atomic E-state index is 12.4. The zero-order valence-corrected chi connectivity index (χ0v) is 18.0. The minimum Gasteiger partial charge on any atom is -0.494 e. The van der Waals surface area contributed by atoms with Gasteiger partial charge in [-0.15, -0.1) is 0 Å². The lowest BCUT2D eigenvalue weighted by atomic mass is 10.2. The van der Waals surface area contributed by atoms with Gasteiger partial charge in [0.2, 0.25) is 0 Å². The fraction of sp³-hybridized carbons (Fsp3) is 0.333. The molecular weight excluding hydrogens is 412 g/mol. The van der Waals surface area contributed by atoms with Crippen molar-refractivity contribution in [3.05, 3.63) is 47.0 Å². The van der Waals surface area contributed by atoms with Crippen LogP contribution >= 0.6 is 11.6 Å². The lowest BCUT2D eigenvalue weighted by Gasteiger charge is -2.16. The number of halogens is 1. The highest BCUT2D eigenvalue weighted by atomic mass is 35.5. The number of carbonyl (C=O) groups excluding carboxylic acids is 2. The number of benzene rings is 2. The van der Waals surface area contributed by atoms with Crippen molar-refractivity contribution >= 4 is 23.4 Å². The molecule has 0 aliphatic carbocycles. The van der Waals surface area contributed by atoms with Crippen LogP contribution in [0.5, 0.6) is 23.0 Å². The SMILES string of the molecule is CCOc1ccc(OC(C)C(=O)NNC(=O)c2cc(Cl)c(OCC)c(OC)c2)cc1. The van der Waals surface area contributed by atoms with Crippen LogP contribution in [-0.2, 0) is 4.79 Å². The fourth-order valence-corrected chi connectivity index (χ4v) is 2.73. The molecule has 2 N–H and O–H groups in total. The molecule has 0 aliphatic heterocycles. The van der Waals surface area contributed by atoms with Crippen molar-refractivity contribution in [1.29, 1.82) is 0 Å². The lowest BCUT2D eigenvalue weighted by Crippen LogP contribution is -2.47. The van der Waals surface area contributed by atoms with Gasteiger partial charge in [0.1, 0.15) is 11.5 Å². The van der Waals surface area contributed by atoms with Gasteiger partial charge >= 0.3 is 0 Å². The summed E-state index contributed by atoms with van der Waals surface area (Å²) in [6.07, 6.45) is -0.846. The smallest absolute Gasteiger partial charge is 0.279 e. The Bertz CT molecular complexity index is 873. The van der Waals surface area contributed by atoms with Crippen molar-refractivity contribution in [2.24, 2.45) is 0 Å². The number of carbonyl (C=O) groups is 2. The minimum atomic E-state index is -0.846. The Kier molecular flexibility index (Phi) is 8.61. The summed E-state index contributed by atoms with van der Waals surface area (Å²) in [5, 5.41) is 0.222. The van der Waals surface area contributed by atoms with Crippen LogP contribution in [0.25, 0.3) is 0 Å². The number of hydrazine groups is 1. The molecule has 2 amide bonds. The van der Waals surface area contributed by atoms with Crippen LogP contribution in [0.3, 0.4) is 0 Å². The van der Waals surface area contributed by atoms with E-state index in [1.807, 2.05) is 13.8 Å². The summed E-state index contributed by atoms with van der Waals surface area (Å²) < 4.78 is 21.6. The van der Waals surface area contributed by atoms with E-state index in [4.69, 9.17) is 30.5 Å². The molecule has 1 atom stereocenters. The van der Waals surface area contributed by atoms with E-state index in [9.17, 15) is 9.59 Å². The zero-order valence-electron chi connectivity index (χ0n) is 17.3. The Morgan fingerprint density at radius 3 is 2.23 bits per heavy atom. The van der Waals surface area contributed by atoms with Crippen LogP contribution in [-0.4, -0.2) is 38.2 Å². The summed E-state index contributed by atoms with van der Waals surface area (Å²) in [5.41, 5.74) is 4.85. The van der Waals surface area contributed by atoms with Crippen LogP contribution in [0, 0.1) is 0 Å². The molecule has 0 aliphatic rings. The summed E-state index contributed by atoms with van der Waals surface area (Å²) >= 11 is 6.17. The normalized spacial score (nSPS) is 11.2. The van der Waals surface area contributed by atoms with Crippen molar-refractivity contribution in [1.82, 2.24) is 10.9 Å². The maximum atomic E-state index is 12.4. The van der Waals surface area contributed by atoms with Crippen LogP contribution < -0.4 is 29.8 Å². The Hall–Kier alpha value is -3.13. The molecule has 8 nitrogen and oxygen atoms in total. The molecule has 0 saturated carbocycles. The molecule has 0 aromatic heterocycles. The highest BCUT2D eigenvalue weighted by Gasteiger charge is 2.18. The van der Waals surface area contributed by atoms with E-state index in [1.165, 1.54) is 19.2 Å². The van der Waals surface area contributed by atoms with Crippen molar-refractivity contribution in [2.45, 2.75) is 26.9 Å². The Balaban J connectivity index is 1.94. The highest BCUT2D eigenvalue weighted by molar-refractivity contribution is 6.32. The van der Waals surface area contributed by atoms with E-state index in [0.29, 0.717) is 36.2 Å². The summed E-state index contributed by atoms with van der Waals surface area (Å²) in [6.45, 7) is 6.22. The Morgan fingerprint density at radius 1 is 1.00 bits per heavy atom. The molecule has 0 radical (unpaired) electrons. The van der Waals surface area contributed by atoms with Crippen molar-refractivity contribution in [3.8, 4) is 23.0 Å². The number of amides is 2. The zero-order chi connectivity index (χ0) is 22.1. The van der Waals surface area contributed by atoms with E-state index < -0.39 is 17.9 Å². The second kappa shape index (κ2) is 11.2. The molecule has 0 saturated heterocycles. The highest BCUT2D eigenvalue weighted by Crippen LogP contribution is 2.36. The predicted molar refractivity (Wildman–Crippen MR) is 112 cm³/mol. The van der Waals surface area contributed by atoms with Gasteiger partial charge in [0.15, 0.2) is 17.6 Å². The van der Waals surface area contributed by atoms with Gasteiger partial charge in [-0.3, -0.25) is 20.4 Å². The summed E-state index contributed by atoms with van der Waals surface area (Å²) in [5.74, 6) is 0.767. The second-order valence-corrected chi connectivity index (χ2v) is 6.44. The average Bonchev–Trinajstić information content (AvgIpc) is 2.74. The molecule has 162 valence electrons. The molecule has 0 fully saturated rings. The second-order valence-electron chi connectivity index (χ2n) is 6.03. The standard InChI is InChI=1S/C21H25ClN2O6/c1-5-28-15-7-9-16(10-8-15)30-13(3)20(25)23-24-21(26)14-11-17(22)19(29-6-2)18(12-14)27-4/h7-13H,5-6H2,1-4H3,(H,23,25)(H,24,26). The first-order valence-corrected chi connectivity index (χ1v) is 9.77. The summed E-state index contributed by atoms with van der Waals surface area (Å²) in [4.78, 5) is 24.6. The van der Waals surface area contributed by atoms with E-state index in [-0.39, 0.29) is 10.6 Å². The minimum absolute atomic E-state index is 0.195. The van der Waals surface area contributed by atoms with E-state index >= 15 is 0 Å². The van der Waals surface area contributed by atoms with Crippen LogP contribution in [0.15, 0.2) is 36.4 Å². The van der Waals surface area contributed by atoms with Gasteiger partial charge in [-0.05, 0) is 57.2 Å². The first kappa shape index (κ1) is 23.2. The Labute approximate surface area is 180 Å².